The Bertz CT molecular complexity index is 125. The van der Waals surface area contributed by atoms with Crippen LogP contribution in [0.3, 0.4) is 0 Å². The Kier molecular flexibility index (Phi) is 16.6. The van der Waals surface area contributed by atoms with Crippen LogP contribution in [0.5, 0.6) is 0 Å². The molecule has 5 heteroatoms. The molecular formula is C9H22BrO3P. The minimum atomic E-state index is -3.13. The Labute approximate surface area is 96.0 Å². The molecule has 0 aromatic carbocycles. The lowest BCUT2D eigenvalue weighted by molar-refractivity contribution is 0.405. The second kappa shape index (κ2) is 13.6. The van der Waals surface area contributed by atoms with Crippen LogP contribution in [-0.4, -0.2) is 15.1 Å². The SMILES string of the molecule is CCC(CC)CCCCBr.O=[PH](O)O. The first kappa shape index (κ1) is 17.0. The van der Waals surface area contributed by atoms with Crippen molar-refractivity contribution in [1.82, 2.24) is 0 Å². The fourth-order valence-electron chi connectivity index (χ4n) is 1.22. The first-order valence-corrected chi connectivity index (χ1v) is 7.48. The molecule has 0 saturated carbocycles. The lowest BCUT2D eigenvalue weighted by Crippen LogP contribution is -1.96. The molecule has 0 saturated heterocycles. The van der Waals surface area contributed by atoms with Crippen molar-refractivity contribution in [3.8, 4) is 0 Å². The van der Waals surface area contributed by atoms with Crippen LogP contribution in [0, 0.1) is 5.92 Å². The molecule has 0 aliphatic rings. The molecule has 0 aliphatic heterocycles. The molecule has 3 nitrogen and oxygen atoms in total. The molecule has 0 bridgehead atoms. The quantitative estimate of drug-likeness (QED) is 0.448. The Hall–Kier alpha value is 0.630. The average Bonchev–Trinajstić information content (AvgIpc) is 2.12. The smallest absolute Gasteiger partial charge is 0.314 e. The van der Waals surface area contributed by atoms with E-state index in [9.17, 15) is 0 Å². The van der Waals surface area contributed by atoms with Gasteiger partial charge in [-0.25, -0.2) is 0 Å². The summed E-state index contributed by atoms with van der Waals surface area (Å²) in [6.07, 6.45) is 6.89. The van der Waals surface area contributed by atoms with Crippen molar-refractivity contribution in [2.24, 2.45) is 5.92 Å². The highest BCUT2D eigenvalue weighted by atomic mass is 79.9. The molecule has 2 N–H and O–H groups in total. The van der Waals surface area contributed by atoms with E-state index < -0.39 is 8.25 Å². The molecule has 0 fully saturated rings. The number of alkyl halides is 1. The molecule has 0 aliphatic carbocycles. The number of rotatable bonds is 6. The van der Waals surface area contributed by atoms with E-state index in [0.29, 0.717) is 0 Å². The van der Waals surface area contributed by atoms with E-state index in [1.165, 1.54) is 37.4 Å². The molecule has 0 radical (unpaired) electrons. The highest BCUT2D eigenvalue weighted by molar-refractivity contribution is 9.09. The van der Waals surface area contributed by atoms with Crippen molar-refractivity contribution >= 4 is 24.2 Å². The highest BCUT2D eigenvalue weighted by Crippen LogP contribution is 2.15. The zero-order valence-electron chi connectivity index (χ0n) is 9.00. The van der Waals surface area contributed by atoms with Crippen LogP contribution in [0.2, 0.25) is 0 Å². The first-order valence-electron chi connectivity index (χ1n) is 5.06. The predicted octanol–water partition coefficient (Wildman–Crippen LogP) is 3.35. The normalized spacial score (nSPS) is 10.2. The van der Waals surface area contributed by atoms with Crippen LogP contribution in [0.1, 0.15) is 46.0 Å². The zero-order chi connectivity index (χ0) is 11.4. The fraction of sp³-hybridized carbons (Fsp3) is 1.00. The highest BCUT2D eigenvalue weighted by Gasteiger charge is 2.01. The second-order valence-corrected chi connectivity index (χ2v) is 4.51. The molecule has 0 unspecified atom stereocenters. The van der Waals surface area contributed by atoms with Crippen molar-refractivity contribution in [2.45, 2.75) is 46.0 Å². The predicted molar refractivity (Wildman–Crippen MR) is 65.2 cm³/mol. The molecule has 88 valence electrons. The number of hydrogen-bond acceptors (Lipinski definition) is 1. The summed E-state index contributed by atoms with van der Waals surface area (Å²) < 4.78 is 8.74. The summed E-state index contributed by atoms with van der Waals surface area (Å²) in [5, 5.41) is 1.17. The molecule has 0 spiro atoms. The Morgan fingerprint density at radius 1 is 1.21 bits per heavy atom. The Morgan fingerprint density at radius 2 is 1.64 bits per heavy atom. The summed E-state index contributed by atoms with van der Waals surface area (Å²) in [7, 11) is -3.13. The summed E-state index contributed by atoms with van der Waals surface area (Å²) in [5.41, 5.74) is 0. The lowest BCUT2D eigenvalue weighted by Gasteiger charge is -2.10. The van der Waals surface area contributed by atoms with Crippen LogP contribution in [0.4, 0.5) is 0 Å². The van der Waals surface area contributed by atoms with Gasteiger partial charge < -0.3 is 9.79 Å². The molecular weight excluding hydrogens is 267 g/mol. The van der Waals surface area contributed by atoms with Gasteiger partial charge in [-0.3, -0.25) is 4.57 Å². The molecule has 0 rings (SSSR count). The Morgan fingerprint density at radius 3 is 1.93 bits per heavy atom. The minimum absolute atomic E-state index is 0.985. The van der Waals surface area contributed by atoms with Crippen LogP contribution >= 0.6 is 24.2 Å². The summed E-state index contributed by atoms with van der Waals surface area (Å²) >= 11 is 3.44. The topological polar surface area (TPSA) is 57.5 Å². The number of halogens is 1. The third-order valence-electron chi connectivity index (χ3n) is 2.15. The van der Waals surface area contributed by atoms with Crippen LogP contribution in [0.25, 0.3) is 0 Å². The van der Waals surface area contributed by atoms with E-state index in [1.54, 1.807) is 0 Å². The fourth-order valence-corrected chi connectivity index (χ4v) is 1.62. The van der Waals surface area contributed by atoms with Crippen LogP contribution in [-0.2, 0) is 4.57 Å². The molecule has 0 atom stereocenters. The standard InChI is InChI=1S/C9H19Br.H3O3P/c1-3-9(4-2)7-5-6-8-10;1-4(2)3/h9H,3-8H2,1-2H3;4H,(H2,1,2,3). The van der Waals surface area contributed by atoms with E-state index in [4.69, 9.17) is 14.4 Å². The molecule has 0 amide bonds. The van der Waals surface area contributed by atoms with Gasteiger partial charge in [-0.05, 0) is 12.3 Å². The van der Waals surface area contributed by atoms with Gasteiger partial charge in [0.15, 0.2) is 0 Å². The summed E-state index contributed by atoms with van der Waals surface area (Å²) in [5.74, 6) is 0.985. The monoisotopic (exact) mass is 288 g/mol. The van der Waals surface area contributed by atoms with Crippen molar-refractivity contribution in [3.63, 3.8) is 0 Å². The minimum Gasteiger partial charge on any atom is -0.326 e. The van der Waals surface area contributed by atoms with Gasteiger partial charge in [-0.1, -0.05) is 55.5 Å². The average molecular weight is 289 g/mol. The van der Waals surface area contributed by atoms with E-state index >= 15 is 0 Å². The molecule has 0 aromatic rings. The maximum Gasteiger partial charge on any atom is 0.314 e. The van der Waals surface area contributed by atoms with Crippen molar-refractivity contribution in [3.05, 3.63) is 0 Å². The summed E-state index contributed by atoms with van der Waals surface area (Å²) in [6.45, 7) is 4.59. The van der Waals surface area contributed by atoms with Crippen molar-refractivity contribution in [1.29, 1.82) is 0 Å². The maximum absolute atomic E-state index is 8.74. The van der Waals surface area contributed by atoms with Crippen molar-refractivity contribution in [2.75, 3.05) is 5.33 Å². The molecule has 0 aromatic heterocycles. The summed E-state index contributed by atoms with van der Waals surface area (Å²) in [6, 6.07) is 0. The van der Waals surface area contributed by atoms with Gasteiger partial charge in [-0.15, -0.1) is 0 Å². The van der Waals surface area contributed by atoms with Crippen LogP contribution in [0.15, 0.2) is 0 Å². The largest absolute Gasteiger partial charge is 0.326 e. The van der Waals surface area contributed by atoms with Gasteiger partial charge in [0.2, 0.25) is 0 Å². The van der Waals surface area contributed by atoms with Gasteiger partial charge in [0.1, 0.15) is 0 Å². The van der Waals surface area contributed by atoms with Gasteiger partial charge in [0, 0.05) is 5.33 Å². The van der Waals surface area contributed by atoms with Gasteiger partial charge in [0.25, 0.3) is 0 Å². The lowest BCUT2D eigenvalue weighted by atomic mass is 9.97. The van der Waals surface area contributed by atoms with Crippen LogP contribution < -0.4 is 0 Å². The number of hydrogen-bond donors (Lipinski definition) is 2. The zero-order valence-corrected chi connectivity index (χ0v) is 11.6. The van der Waals surface area contributed by atoms with E-state index in [1.807, 2.05) is 0 Å². The van der Waals surface area contributed by atoms with Crippen molar-refractivity contribution < 1.29 is 14.4 Å². The van der Waals surface area contributed by atoms with Gasteiger partial charge in [-0.2, -0.15) is 0 Å². The Balaban J connectivity index is 0. The van der Waals surface area contributed by atoms with Gasteiger partial charge >= 0.3 is 8.25 Å². The summed E-state index contributed by atoms with van der Waals surface area (Å²) in [4.78, 5) is 14.3. The van der Waals surface area contributed by atoms with E-state index in [-0.39, 0.29) is 0 Å². The first-order chi connectivity index (χ1) is 6.58. The number of unbranched alkanes of at least 4 members (excludes halogenated alkanes) is 1. The maximum atomic E-state index is 8.74. The van der Waals surface area contributed by atoms with E-state index in [0.717, 1.165) is 5.92 Å². The molecule has 14 heavy (non-hydrogen) atoms. The van der Waals surface area contributed by atoms with E-state index in [2.05, 4.69) is 29.8 Å². The third kappa shape index (κ3) is 18.4. The third-order valence-corrected chi connectivity index (χ3v) is 2.71. The molecule has 0 heterocycles. The van der Waals surface area contributed by atoms with Gasteiger partial charge in [0.05, 0.1) is 0 Å². The second-order valence-electron chi connectivity index (χ2n) is 3.15.